The van der Waals surface area contributed by atoms with Crippen LogP contribution in [-0.2, 0) is 16.1 Å². The summed E-state index contributed by atoms with van der Waals surface area (Å²) in [4.78, 5) is 12.1. The lowest BCUT2D eigenvalue weighted by Crippen LogP contribution is -2.27. The average molecular weight is 319 g/mol. The largest absolute Gasteiger partial charge is 0.382 e. The number of nitrogens with zero attached hydrogens (tertiary/aromatic N) is 1. The van der Waals surface area contributed by atoms with Crippen LogP contribution in [-0.4, -0.2) is 31.4 Å². The van der Waals surface area contributed by atoms with E-state index in [9.17, 15) is 14.4 Å². The smallest absolute Gasteiger partial charge is 0.281 e. The summed E-state index contributed by atoms with van der Waals surface area (Å²) < 4.78 is 24.1. The average Bonchev–Trinajstić information content (AvgIpc) is 2.59. The van der Waals surface area contributed by atoms with Crippen molar-refractivity contribution in [2.45, 2.75) is 6.61 Å². The van der Waals surface area contributed by atoms with Crippen LogP contribution in [0.1, 0.15) is 15.9 Å². The maximum atomic E-state index is 14.0. The maximum Gasteiger partial charge on any atom is 0.281 e. The number of carbonyl (C=O) groups excluding carboxylic acids is 1. The van der Waals surface area contributed by atoms with Gasteiger partial charge in [0.25, 0.3) is 5.91 Å². The van der Waals surface area contributed by atoms with Gasteiger partial charge < -0.3 is 9.47 Å². The Labute approximate surface area is 133 Å². The number of anilines is 1. The first-order chi connectivity index (χ1) is 11.1. The van der Waals surface area contributed by atoms with Crippen LogP contribution in [0.3, 0.4) is 0 Å². The van der Waals surface area contributed by atoms with Gasteiger partial charge in [0.2, 0.25) is 0 Å². The molecule has 0 unspecified atom stereocenters. The van der Waals surface area contributed by atoms with Crippen LogP contribution in [0, 0.1) is 5.82 Å². The number of hydrogen-bond donors (Lipinski definition) is 1. The summed E-state index contributed by atoms with van der Waals surface area (Å²) in [6.45, 7) is 0.875. The maximum absolute atomic E-state index is 14.0. The Kier molecular flexibility index (Phi) is 6.22. The molecule has 1 N–H and O–H groups in total. The molecule has 0 atom stereocenters. The molecule has 2 aromatic carbocycles. The van der Waals surface area contributed by atoms with E-state index in [0.29, 0.717) is 29.4 Å². The molecule has 23 heavy (non-hydrogen) atoms. The van der Waals surface area contributed by atoms with Crippen molar-refractivity contribution >= 4 is 11.6 Å². The topological polar surface area (TPSA) is 59.0 Å². The van der Waals surface area contributed by atoms with Gasteiger partial charge in [-0.05, 0) is 18.2 Å². The number of methoxy groups -OCH3 is 1. The molecular formula is C17H18FNO4. The quantitative estimate of drug-likeness (QED) is 0.484. The summed E-state index contributed by atoms with van der Waals surface area (Å²) in [6.07, 6.45) is 0. The molecule has 122 valence electrons. The highest BCUT2D eigenvalue weighted by Crippen LogP contribution is 2.20. The molecule has 0 aliphatic carbocycles. The van der Waals surface area contributed by atoms with Crippen LogP contribution in [0.15, 0.2) is 48.5 Å². The van der Waals surface area contributed by atoms with E-state index in [-0.39, 0.29) is 12.3 Å². The van der Waals surface area contributed by atoms with Crippen LogP contribution in [0.2, 0.25) is 0 Å². The number of hydrogen-bond acceptors (Lipinski definition) is 4. The Balaban J connectivity index is 2.05. The molecule has 0 fully saturated rings. The first-order valence-corrected chi connectivity index (χ1v) is 7.07. The molecule has 0 radical (unpaired) electrons. The molecule has 0 saturated carbocycles. The van der Waals surface area contributed by atoms with Crippen molar-refractivity contribution in [2.24, 2.45) is 0 Å². The second-order valence-electron chi connectivity index (χ2n) is 4.80. The van der Waals surface area contributed by atoms with Gasteiger partial charge in [0.15, 0.2) is 0 Å². The fourth-order valence-corrected chi connectivity index (χ4v) is 1.93. The van der Waals surface area contributed by atoms with Crippen molar-refractivity contribution in [3.05, 3.63) is 65.5 Å². The summed E-state index contributed by atoms with van der Waals surface area (Å²) in [7, 11) is 1.55. The normalized spacial score (nSPS) is 10.6. The summed E-state index contributed by atoms with van der Waals surface area (Å²) in [5.41, 5.74) is 0.699. The van der Waals surface area contributed by atoms with Crippen molar-refractivity contribution in [3.8, 4) is 0 Å². The molecule has 0 aliphatic heterocycles. The molecule has 0 bridgehead atoms. The lowest BCUT2D eigenvalue weighted by Gasteiger charge is -2.16. The monoisotopic (exact) mass is 319 g/mol. The zero-order chi connectivity index (χ0) is 16.7. The number of hydroxylamine groups is 1. The van der Waals surface area contributed by atoms with E-state index >= 15 is 0 Å². The standard InChI is InChI=1S/C17H18FNO4/c1-22-9-10-23-12-14-7-8-15(11-16(14)18)19(21)17(20)13-5-3-2-4-6-13/h2-8,11,21H,9-10,12H2,1H3. The minimum atomic E-state index is -0.630. The van der Waals surface area contributed by atoms with Gasteiger partial charge in [-0.3, -0.25) is 10.0 Å². The number of ether oxygens (including phenoxy) is 2. The molecule has 6 heteroatoms. The third kappa shape index (κ3) is 4.59. The van der Waals surface area contributed by atoms with Gasteiger partial charge >= 0.3 is 0 Å². The van der Waals surface area contributed by atoms with Gasteiger partial charge in [0, 0.05) is 24.3 Å². The first kappa shape index (κ1) is 17.1. The van der Waals surface area contributed by atoms with Gasteiger partial charge in [0.1, 0.15) is 5.82 Å². The summed E-state index contributed by atoms with van der Waals surface area (Å²) in [5, 5.41) is 10.4. The first-order valence-electron chi connectivity index (χ1n) is 7.07. The van der Waals surface area contributed by atoms with Crippen LogP contribution in [0.4, 0.5) is 10.1 Å². The Morgan fingerprint density at radius 1 is 1.17 bits per heavy atom. The lowest BCUT2D eigenvalue weighted by atomic mass is 10.1. The predicted molar refractivity (Wildman–Crippen MR) is 83.0 cm³/mol. The van der Waals surface area contributed by atoms with E-state index in [1.807, 2.05) is 0 Å². The van der Waals surface area contributed by atoms with E-state index in [2.05, 4.69) is 0 Å². The Hall–Kier alpha value is -2.28. The van der Waals surface area contributed by atoms with Gasteiger partial charge in [-0.1, -0.05) is 24.3 Å². The van der Waals surface area contributed by atoms with Crippen LogP contribution in [0.5, 0.6) is 0 Å². The molecule has 0 saturated heterocycles. The van der Waals surface area contributed by atoms with Gasteiger partial charge in [-0.15, -0.1) is 0 Å². The lowest BCUT2D eigenvalue weighted by molar-refractivity contribution is 0.0604. The zero-order valence-electron chi connectivity index (χ0n) is 12.7. The van der Waals surface area contributed by atoms with Crippen molar-refractivity contribution in [3.63, 3.8) is 0 Å². The number of amides is 1. The number of rotatable bonds is 7. The Bertz CT molecular complexity index is 648. The second kappa shape index (κ2) is 8.38. The van der Waals surface area contributed by atoms with Gasteiger partial charge in [0.05, 0.1) is 25.5 Å². The third-order valence-corrected chi connectivity index (χ3v) is 3.18. The summed E-state index contributed by atoms with van der Waals surface area (Å²) in [5.74, 6) is -1.19. The molecule has 1 amide bonds. The molecule has 0 spiro atoms. The van der Waals surface area contributed by atoms with E-state index in [1.54, 1.807) is 37.4 Å². The molecule has 0 aliphatic rings. The summed E-state index contributed by atoms with van der Waals surface area (Å²) in [6, 6.07) is 12.3. The van der Waals surface area contributed by atoms with E-state index in [4.69, 9.17) is 9.47 Å². The number of carbonyl (C=O) groups is 1. The highest BCUT2D eigenvalue weighted by atomic mass is 19.1. The third-order valence-electron chi connectivity index (χ3n) is 3.18. The Morgan fingerprint density at radius 3 is 2.57 bits per heavy atom. The van der Waals surface area contributed by atoms with Crippen LogP contribution >= 0.6 is 0 Å². The van der Waals surface area contributed by atoms with Gasteiger partial charge in [-0.2, -0.15) is 5.06 Å². The molecule has 2 rings (SSSR count). The van der Waals surface area contributed by atoms with Gasteiger partial charge in [-0.25, -0.2) is 4.39 Å². The van der Waals surface area contributed by atoms with E-state index in [0.717, 1.165) is 6.07 Å². The van der Waals surface area contributed by atoms with Crippen molar-refractivity contribution in [1.29, 1.82) is 0 Å². The molecular weight excluding hydrogens is 301 g/mol. The van der Waals surface area contributed by atoms with Crippen LogP contribution in [0.25, 0.3) is 0 Å². The van der Waals surface area contributed by atoms with Crippen molar-refractivity contribution < 1.29 is 23.9 Å². The number of benzene rings is 2. The minimum absolute atomic E-state index is 0.0528. The highest BCUT2D eigenvalue weighted by molar-refractivity contribution is 6.04. The second-order valence-corrected chi connectivity index (χ2v) is 4.80. The summed E-state index contributed by atoms with van der Waals surface area (Å²) >= 11 is 0. The molecule has 2 aromatic rings. The highest BCUT2D eigenvalue weighted by Gasteiger charge is 2.16. The molecule has 0 heterocycles. The SMILES string of the molecule is COCCOCc1ccc(N(O)C(=O)c2ccccc2)cc1F. The van der Waals surface area contributed by atoms with E-state index < -0.39 is 11.7 Å². The fourth-order valence-electron chi connectivity index (χ4n) is 1.93. The minimum Gasteiger partial charge on any atom is -0.382 e. The number of halogens is 1. The fraction of sp³-hybridized carbons (Fsp3) is 0.235. The van der Waals surface area contributed by atoms with E-state index in [1.165, 1.54) is 12.1 Å². The molecule has 5 nitrogen and oxygen atoms in total. The zero-order valence-corrected chi connectivity index (χ0v) is 12.7. The van der Waals surface area contributed by atoms with Crippen molar-refractivity contribution in [2.75, 3.05) is 25.4 Å². The molecule has 0 aromatic heterocycles. The van der Waals surface area contributed by atoms with Crippen LogP contribution < -0.4 is 5.06 Å². The Morgan fingerprint density at radius 2 is 1.91 bits per heavy atom. The van der Waals surface area contributed by atoms with Crippen molar-refractivity contribution in [1.82, 2.24) is 0 Å². The predicted octanol–water partition coefficient (Wildman–Crippen LogP) is 3.02.